The zero-order valence-corrected chi connectivity index (χ0v) is 9.61. The molecule has 15 heavy (non-hydrogen) atoms. The van der Waals surface area contributed by atoms with E-state index in [0.29, 0.717) is 0 Å². The zero-order valence-electron chi connectivity index (χ0n) is 9.61. The van der Waals surface area contributed by atoms with Crippen LogP contribution in [0.15, 0.2) is 0 Å². The highest BCUT2D eigenvalue weighted by Crippen LogP contribution is 2.36. The Morgan fingerprint density at radius 3 is 2.60 bits per heavy atom. The van der Waals surface area contributed by atoms with Gasteiger partial charge in [0.2, 0.25) is 5.91 Å². The molecule has 1 saturated carbocycles. The van der Waals surface area contributed by atoms with Crippen molar-refractivity contribution < 1.29 is 4.79 Å². The fraction of sp³-hybridized carbons (Fsp3) is 0.917. The van der Waals surface area contributed by atoms with Crippen LogP contribution in [-0.2, 0) is 4.79 Å². The lowest BCUT2D eigenvalue weighted by atomic mass is 9.75. The lowest BCUT2D eigenvalue weighted by Crippen LogP contribution is -2.50. The molecule has 0 radical (unpaired) electrons. The summed E-state index contributed by atoms with van der Waals surface area (Å²) in [5, 5.41) is 0. The first-order valence-corrected chi connectivity index (χ1v) is 6.22. The van der Waals surface area contributed by atoms with Crippen LogP contribution in [0.5, 0.6) is 0 Å². The van der Waals surface area contributed by atoms with Crippen molar-refractivity contribution in [3.8, 4) is 0 Å². The SMILES string of the molecule is C[C@H](C(N)=O)N1CC[C@@H]2CCCC[C@@H]2C1. The summed E-state index contributed by atoms with van der Waals surface area (Å²) in [5.41, 5.74) is 5.35. The van der Waals surface area contributed by atoms with Gasteiger partial charge in [-0.05, 0) is 38.1 Å². The molecule has 0 aromatic heterocycles. The topological polar surface area (TPSA) is 46.3 Å². The van der Waals surface area contributed by atoms with Crippen LogP contribution in [-0.4, -0.2) is 29.9 Å². The smallest absolute Gasteiger partial charge is 0.234 e. The molecule has 1 aliphatic heterocycles. The molecule has 0 aromatic rings. The average molecular weight is 210 g/mol. The minimum Gasteiger partial charge on any atom is -0.368 e. The number of piperidine rings is 1. The Morgan fingerprint density at radius 1 is 1.27 bits per heavy atom. The number of fused-ring (bicyclic) bond motifs is 1. The number of carbonyl (C=O) groups is 1. The molecule has 0 spiro atoms. The highest BCUT2D eigenvalue weighted by molar-refractivity contribution is 5.79. The standard InChI is InChI=1S/C12H22N2O/c1-9(12(13)15)14-7-6-10-4-2-3-5-11(10)8-14/h9-11H,2-8H2,1H3,(H2,13,15)/t9-,10+,11-/m1/s1. The first kappa shape index (κ1) is 10.9. The summed E-state index contributed by atoms with van der Waals surface area (Å²) in [5.74, 6) is 1.58. The summed E-state index contributed by atoms with van der Waals surface area (Å²) in [4.78, 5) is 13.4. The van der Waals surface area contributed by atoms with Gasteiger partial charge in [-0.15, -0.1) is 0 Å². The van der Waals surface area contributed by atoms with Gasteiger partial charge in [0, 0.05) is 6.54 Å². The van der Waals surface area contributed by atoms with E-state index in [1.165, 1.54) is 32.1 Å². The highest BCUT2D eigenvalue weighted by atomic mass is 16.1. The van der Waals surface area contributed by atoms with Crippen LogP contribution in [0.1, 0.15) is 39.0 Å². The van der Waals surface area contributed by atoms with E-state index in [9.17, 15) is 4.79 Å². The van der Waals surface area contributed by atoms with E-state index in [0.717, 1.165) is 24.9 Å². The molecule has 0 unspecified atom stereocenters. The van der Waals surface area contributed by atoms with E-state index in [2.05, 4.69) is 4.90 Å². The third-order valence-corrected chi connectivity index (χ3v) is 4.28. The van der Waals surface area contributed by atoms with Crippen molar-refractivity contribution in [2.24, 2.45) is 17.6 Å². The summed E-state index contributed by atoms with van der Waals surface area (Å²) in [7, 11) is 0. The van der Waals surface area contributed by atoms with Crippen molar-refractivity contribution in [2.45, 2.75) is 45.1 Å². The molecule has 0 bridgehead atoms. The van der Waals surface area contributed by atoms with Crippen molar-refractivity contribution in [3.05, 3.63) is 0 Å². The maximum Gasteiger partial charge on any atom is 0.234 e. The molecule has 1 aliphatic carbocycles. The van der Waals surface area contributed by atoms with Crippen molar-refractivity contribution in [1.29, 1.82) is 0 Å². The number of nitrogens with two attached hydrogens (primary N) is 1. The molecule has 2 fully saturated rings. The lowest BCUT2D eigenvalue weighted by Gasteiger charge is -2.42. The van der Waals surface area contributed by atoms with E-state index >= 15 is 0 Å². The van der Waals surface area contributed by atoms with E-state index in [1.54, 1.807) is 0 Å². The zero-order chi connectivity index (χ0) is 10.8. The van der Waals surface area contributed by atoms with Crippen LogP contribution in [0.4, 0.5) is 0 Å². The Hall–Kier alpha value is -0.570. The molecule has 3 heteroatoms. The summed E-state index contributed by atoms with van der Waals surface area (Å²) in [6, 6.07) is -0.0760. The monoisotopic (exact) mass is 210 g/mol. The average Bonchev–Trinajstić information content (AvgIpc) is 2.27. The molecule has 3 nitrogen and oxygen atoms in total. The molecule has 2 rings (SSSR count). The molecule has 86 valence electrons. The number of primary amides is 1. The van der Waals surface area contributed by atoms with Crippen LogP contribution in [0.3, 0.4) is 0 Å². The van der Waals surface area contributed by atoms with Crippen LogP contribution in [0.25, 0.3) is 0 Å². The first-order chi connectivity index (χ1) is 7.18. The molecule has 3 atom stereocenters. The number of nitrogens with zero attached hydrogens (tertiary/aromatic N) is 1. The molecule has 0 aromatic carbocycles. The van der Waals surface area contributed by atoms with Gasteiger partial charge in [-0.1, -0.05) is 19.3 Å². The van der Waals surface area contributed by atoms with Gasteiger partial charge < -0.3 is 5.73 Å². The second-order valence-electron chi connectivity index (χ2n) is 5.17. The summed E-state index contributed by atoms with van der Waals surface area (Å²) < 4.78 is 0. The summed E-state index contributed by atoms with van der Waals surface area (Å²) in [6.45, 7) is 4.09. The Labute approximate surface area is 92.0 Å². The Balaban J connectivity index is 1.93. The maximum absolute atomic E-state index is 11.1. The van der Waals surface area contributed by atoms with Crippen molar-refractivity contribution in [3.63, 3.8) is 0 Å². The van der Waals surface area contributed by atoms with Crippen LogP contribution < -0.4 is 5.73 Å². The van der Waals surface area contributed by atoms with Gasteiger partial charge in [0.15, 0.2) is 0 Å². The van der Waals surface area contributed by atoms with Crippen LogP contribution in [0, 0.1) is 11.8 Å². The largest absolute Gasteiger partial charge is 0.368 e. The number of amides is 1. The minimum atomic E-state index is -0.177. The Morgan fingerprint density at radius 2 is 1.93 bits per heavy atom. The van der Waals surface area contributed by atoms with Gasteiger partial charge >= 0.3 is 0 Å². The number of likely N-dealkylation sites (tertiary alicyclic amines) is 1. The fourth-order valence-corrected chi connectivity index (χ4v) is 3.16. The number of hydrogen-bond donors (Lipinski definition) is 1. The van der Waals surface area contributed by atoms with Crippen molar-refractivity contribution >= 4 is 5.91 Å². The van der Waals surface area contributed by atoms with Crippen LogP contribution in [0.2, 0.25) is 0 Å². The third kappa shape index (κ3) is 2.33. The van der Waals surface area contributed by atoms with Crippen LogP contribution >= 0.6 is 0 Å². The second-order valence-corrected chi connectivity index (χ2v) is 5.17. The fourth-order valence-electron chi connectivity index (χ4n) is 3.16. The van der Waals surface area contributed by atoms with E-state index in [4.69, 9.17) is 5.73 Å². The maximum atomic E-state index is 11.1. The van der Waals surface area contributed by atoms with Gasteiger partial charge in [0.25, 0.3) is 0 Å². The molecule has 1 amide bonds. The number of rotatable bonds is 2. The molecule has 2 N–H and O–H groups in total. The summed E-state index contributed by atoms with van der Waals surface area (Å²) in [6.07, 6.45) is 6.81. The van der Waals surface area contributed by atoms with Gasteiger partial charge in [-0.25, -0.2) is 0 Å². The molecule has 1 heterocycles. The number of carbonyl (C=O) groups excluding carboxylic acids is 1. The van der Waals surface area contributed by atoms with E-state index in [-0.39, 0.29) is 11.9 Å². The minimum absolute atomic E-state index is 0.0760. The third-order valence-electron chi connectivity index (χ3n) is 4.28. The normalized spacial score (nSPS) is 34.5. The number of hydrogen-bond acceptors (Lipinski definition) is 2. The lowest BCUT2D eigenvalue weighted by molar-refractivity contribution is -0.123. The quantitative estimate of drug-likeness (QED) is 0.748. The van der Waals surface area contributed by atoms with E-state index in [1.807, 2.05) is 6.92 Å². The molecule has 1 saturated heterocycles. The van der Waals surface area contributed by atoms with E-state index < -0.39 is 0 Å². The predicted molar refractivity (Wildman–Crippen MR) is 60.3 cm³/mol. The van der Waals surface area contributed by atoms with Gasteiger partial charge in [0.1, 0.15) is 0 Å². The van der Waals surface area contributed by atoms with Gasteiger partial charge in [0.05, 0.1) is 6.04 Å². The molecular formula is C12H22N2O. The molecule has 2 aliphatic rings. The second kappa shape index (κ2) is 4.52. The predicted octanol–water partition coefficient (Wildman–Crippen LogP) is 1.37. The van der Waals surface area contributed by atoms with Gasteiger partial charge in [-0.3, -0.25) is 9.69 Å². The Bertz CT molecular complexity index is 242. The van der Waals surface area contributed by atoms with Crippen molar-refractivity contribution in [1.82, 2.24) is 4.90 Å². The van der Waals surface area contributed by atoms with Gasteiger partial charge in [-0.2, -0.15) is 0 Å². The highest BCUT2D eigenvalue weighted by Gasteiger charge is 2.33. The molecular weight excluding hydrogens is 188 g/mol. The first-order valence-electron chi connectivity index (χ1n) is 6.22. The summed E-state index contributed by atoms with van der Waals surface area (Å²) >= 11 is 0. The van der Waals surface area contributed by atoms with Crippen molar-refractivity contribution in [2.75, 3.05) is 13.1 Å². The Kier molecular flexibility index (Phi) is 3.29.